The van der Waals surface area contributed by atoms with Crippen LogP contribution in [0.2, 0.25) is 0 Å². The summed E-state index contributed by atoms with van der Waals surface area (Å²) in [6.07, 6.45) is 3.12. The Balaban J connectivity index is 1.58. The highest BCUT2D eigenvalue weighted by Crippen LogP contribution is 2.26. The summed E-state index contributed by atoms with van der Waals surface area (Å²) in [5, 5.41) is 3.47. The number of nitrogens with one attached hydrogen (secondary N) is 1. The van der Waals surface area contributed by atoms with Crippen molar-refractivity contribution in [1.82, 2.24) is 10.3 Å². The molecule has 1 aliphatic rings. The van der Waals surface area contributed by atoms with Gasteiger partial charge in [-0.15, -0.1) is 0 Å². The van der Waals surface area contributed by atoms with E-state index in [1.165, 1.54) is 16.7 Å². The van der Waals surface area contributed by atoms with Crippen LogP contribution < -0.4 is 5.32 Å². The van der Waals surface area contributed by atoms with Crippen molar-refractivity contribution in [2.75, 3.05) is 13.2 Å². The van der Waals surface area contributed by atoms with Gasteiger partial charge in [0.05, 0.1) is 12.7 Å². The number of nitrogens with zero attached hydrogens (tertiary/aromatic N) is 1. The molecule has 3 heteroatoms. The van der Waals surface area contributed by atoms with Crippen molar-refractivity contribution in [1.29, 1.82) is 0 Å². The SMILES string of the molecule is Cc1ccc(CNCC2OCCc3ccccc32)cn1. The number of fused-ring (bicyclic) bond motifs is 1. The van der Waals surface area contributed by atoms with Gasteiger partial charge in [0.25, 0.3) is 0 Å². The first-order chi connectivity index (χ1) is 9.83. The van der Waals surface area contributed by atoms with Gasteiger partial charge in [0, 0.05) is 25.0 Å². The molecule has 0 saturated heterocycles. The molecule has 20 heavy (non-hydrogen) atoms. The molecule has 1 atom stereocenters. The van der Waals surface area contributed by atoms with E-state index in [1.807, 2.05) is 19.2 Å². The van der Waals surface area contributed by atoms with Crippen LogP contribution in [-0.2, 0) is 17.7 Å². The van der Waals surface area contributed by atoms with Gasteiger partial charge in [-0.1, -0.05) is 30.3 Å². The van der Waals surface area contributed by atoms with E-state index in [-0.39, 0.29) is 6.10 Å². The summed E-state index contributed by atoms with van der Waals surface area (Å²) in [6.45, 7) is 4.49. The Morgan fingerprint density at radius 1 is 1.25 bits per heavy atom. The largest absolute Gasteiger partial charge is 0.372 e. The van der Waals surface area contributed by atoms with Gasteiger partial charge in [-0.3, -0.25) is 4.98 Å². The summed E-state index contributed by atoms with van der Waals surface area (Å²) < 4.78 is 5.88. The molecule has 104 valence electrons. The van der Waals surface area contributed by atoms with E-state index in [1.54, 1.807) is 0 Å². The fourth-order valence-corrected chi connectivity index (χ4v) is 2.60. The maximum absolute atomic E-state index is 5.88. The number of hydrogen-bond acceptors (Lipinski definition) is 3. The Morgan fingerprint density at radius 3 is 3.00 bits per heavy atom. The van der Waals surface area contributed by atoms with E-state index in [4.69, 9.17) is 4.74 Å². The van der Waals surface area contributed by atoms with Crippen LogP contribution in [0.1, 0.15) is 28.5 Å². The fraction of sp³-hybridized carbons (Fsp3) is 0.353. The monoisotopic (exact) mass is 268 g/mol. The minimum Gasteiger partial charge on any atom is -0.372 e. The molecular formula is C17H20N2O. The zero-order valence-electron chi connectivity index (χ0n) is 11.8. The van der Waals surface area contributed by atoms with Crippen molar-refractivity contribution in [3.8, 4) is 0 Å². The quantitative estimate of drug-likeness (QED) is 0.926. The van der Waals surface area contributed by atoms with Gasteiger partial charge in [-0.2, -0.15) is 0 Å². The first-order valence-corrected chi connectivity index (χ1v) is 7.14. The summed E-state index contributed by atoms with van der Waals surface area (Å²) in [7, 11) is 0. The molecule has 1 unspecified atom stereocenters. The Morgan fingerprint density at radius 2 is 2.15 bits per heavy atom. The van der Waals surface area contributed by atoms with Gasteiger partial charge in [-0.25, -0.2) is 0 Å². The number of benzene rings is 1. The Bertz CT molecular complexity index is 565. The van der Waals surface area contributed by atoms with Crippen LogP contribution in [0.4, 0.5) is 0 Å². The summed E-state index contributed by atoms with van der Waals surface area (Å²) in [5.41, 5.74) is 5.01. The molecule has 1 aromatic heterocycles. The van der Waals surface area contributed by atoms with Gasteiger partial charge < -0.3 is 10.1 Å². The molecule has 1 N–H and O–H groups in total. The zero-order chi connectivity index (χ0) is 13.8. The highest BCUT2D eigenvalue weighted by atomic mass is 16.5. The molecule has 0 bridgehead atoms. The van der Waals surface area contributed by atoms with E-state index in [2.05, 4.69) is 40.6 Å². The number of aryl methyl sites for hydroxylation is 1. The predicted octanol–water partition coefficient (Wildman–Crippen LogP) is 2.79. The Hall–Kier alpha value is -1.71. The second-order valence-electron chi connectivity index (χ2n) is 5.25. The minimum atomic E-state index is 0.165. The second-order valence-corrected chi connectivity index (χ2v) is 5.25. The van der Waals surface area contributed by atoms with Gasteiger partial charge in [-0.05, 0) is 36.1 Å². The van der Waals surface area contributed by atoms with Crippen LogP contribution in [0.25, 0.3) is 0 Å². The molecule has 2 heterocycles. The van der Waals surface area contributed by atoms with Crippen molar-refractivity contribution >= 4 is 0 Å². The molecule has 1 aliphatic heterocycles. The normalized spacial score (nSPS) is 17.8. The molecule has 0 radical (unpaired) electrons. The van der Waals surface area contributed by atoms with Crippen LogP contribution >= 0.6 is 0 Å². The second kappa shape index (κ2) is 6.16. The standard InChI is InChI=1S/C17H20N2O/c1-13-6-7-14(11-19-13)10-18-12-17-16-5-3-2-4-15(16)8-9-20-17/h2-7,11,17-18H,8-10,12H2,1H3. The van der Waals surface area contributed by atoms with Gasteiger partial charge in [0.2, 0.25) is 0 Å². The zero-order valence-corrected chi connectivity index (χ0v) is 11.8. The highest BCUT2D eigenvalue weighted by molar-refractivity contribution is 5.31. The maximum Gasteiger partial charge on any atom is 0.0952 e. The third-order valence-corrected chi connectivity index (χ3v) is 3.72. The van der Waals surface area contributed by atoms with E-state index in [0.717, 1.165) is 31.8 Å². The lowest BCUT2D eigenvalue weighted by Gasteiger charge is -2.26. The number of pyridine rings is 1. The molecule has 0 fully saturated rings. The lowest BCUT2D eigenvalue weighted by molar-refractivity contribution is 0.0423. The van der Waals surface area contributed by atoms with E-state index in [0.29, 0.717) is 0 Å². The summed E-state index contributed by atoms with van der Waals surface area (Å²) in [6, 6.07) is 12.7. The summed E-state index contributed by atoms with van der Waals surface area (Å²) in [4.78, 5) is 4.31. The van der Waals surface area contributed by atoms with Crippen LogP contribution in [0.15, 0.2) is 42.6 Å². The van der Waals surface area contributed by atoms with E-state index in [9.17, 15) is 0 Å². The van der Waals surface area contributed by atoms with E-state index >= 15 is 0 Å². The average Bonchev–Trinajstić information content (AvgIpc) is 2.49. The molecule has 2 aromatic rings. The maximum atomic E-state index is 5.88. The summed E-state index contributed by atoms with van der Waals surface area (Å²) >= 11 is 0. The molecule has 0 saturated carbocycles. The number of ether oxygens (including phenoxy) is 1. The van der Waals surface area contributed by atoms with Gasteiger partial charge >= 0.3 is 0 Å². The van der Waals surface area contributed by atoms with Crippen molar-refractivity contribution in [3.05, 3.63) is 65.0 Å². The first-order valence-electron chi connectivity index (χ1n) is 7.14. The fourth-order valence-electron chi connectivity index (χ4n) is 2.60. The topological polar surface area (TPSA) is 34.1 Å². The smallest absolute Gasteiger partial charge is 0.0952 e. The third-order valence-electron chi connectivity index (χ3n) is 3.72. The highest BCUT2D eigenvalue weighted by Gasteiger charge is 2.19. The molecule has 1 aromatic carbocycles. The predicted molar refractivity (Wildman–Crippen MR) is 79.5 cm³/mol. The molecule has 3 nitrogen and oxygen atoms in total. The molecule has 0 amide bonds. The van der Waals surface area contributed by atoms with Crippen LogP contribution in [0.5, 0.6) is 0 Å². The molecule has 0 aliphatic carbocycles. The van der Waals surface area contributed by atoms with Gasteiger partial charge in [0.1, 0.15) is 0 Å². The van der Waals surface area contributed by atoms with Gasteiger partial charge in [0.15, 0.2) is 0 Å². The van der Waals surface area contributed by atoms with Crippen molar-refractivity contribution in [2.24, 2.45) is 0 Å². The van der Waals surface area contributed by atoms with Crippen molar-refractivity contribution in [3.63, 3.8) is 0 Å². The van der Waals surface area contributed by atoms with Crippen LogP contribution in [0.3, 0.4) is 0 Å². The number of rotatable bonds is 4. The lowest BCUT2D eigenvalue weighted by Crippen LogP contribution is -2.27. The first kappa shape index (κ1) is 13.3. The summed E-state index contributed by atoms with van der Waals surface area (Å²) in [5.74, 6) is 0. The lowest BCUT2D eigenvalue weighted by atomic mass is 9.97. The third kappa shape index (κ3) is 3.06. The molecule has 3 rings (SSSR count). The molecule has 0 spiro atoms. The van der Waals surface area contributed by atoms with Crippen molar-refractivity contribution in [2.45, 2.75) is 26.0 Å². The number of aromatic nitrogens is 1. The number of hydrogen-bond donors (Lipinski definition) is 1. The Labute approximate surface area is 120 Å². The minimum absolute atomic E-state index is 0.165. The van der Waals surface area contributed by atoms with E-state index < -0.39 is 0 Å². The van der Waals surface area contributed by atoms with Crippen LogP contribution in [0, 0.1) is 6.92 Å². The van der Waals surface area contributed by atoms with Crippen molar-refractivity contribution < 1.29 is 4.74 Å². The average molecular weight is 268 g/mol. The Kier molecular flexibility index (Phi) is 4.09. The van der Waals surface area contributed by atoms with Crippen LogP contribution in [-0.4, -0.2) is 18.1 Å². The molecular weight excluding hydrogens is 248 g/mol.